The molecule has 0 amide bonds. The Morgan fingerprint density at radius 1 is 0.850 bits per heavy atom. The van der Waals surface area contributed by atoms with Gasteiger partial charge in [-0.05, 0) is 63.7 Å². The number of carboxylic acid groups (broad SMARTS) is 1. The maximum absolute atomic E-state index is 13.3. The monoisotopic (exact) mass is 658 g/mol. The summed E-state index contributed by atoms with van der Waals surface area (Å²) in [5, 5.41) is 11.2. The number of carbonyl (C=O) groups is 1. The van der Waals surface area contributed by atoms with E-state index >= 15 is 0 Å². The van der Waals surface area contributed by atoms with Crippen molar-refractivity contribution in [1.29, 1.82) is 0 Å². The van der Waals surface area contributed by atoms with Crippen molar-refractivity contribution < 1.29 is 36.9 Å². The zero-order valence-corrected chi connectivity index (χ0v) is 22.6. The number of benzene rings is 5. The summed E-state index contributed by atoms with van der Waals surface area (Å²) in [6.07, 6.45) is -4.81. The third kappa shape index (κ3) is 4.72. The third-order valence-corrected chi connectivity index (χ3v) is 8.02. The van der Waals surface area contributed by atoms with E-state index in [0.29, 0.717) is 28.0 Å². The van der Waals surface area contributed by atoms with Crippen LogP contribution in [0.5, 0.6) is 17.2 Å². The van der Waals surface area contributed by atoms with Crippen LogP contribution in [0.25, 0.3) is 21.5 Å². The van der Waals surface area contributed by atoms with Gasteiger partial charge in [-0.1, -0.05) is 54.6 Å². The molecule has 3 atom stereocenters. The van der Waals surface area contributed by atoms with Crippen molar-refractivity contribution >= 4 is 50.1 Å². The Balaban J connectivity index is 0.000000201. The summed E-state index contributed by atoms with van der Waals surface area (Å²) in [6, 6.07) is 24.4. The van der Waals surface area contributed by atoms with E-state index in [0.717, 1.165) is 20.6 Å². The smallest absolute Gasteiger partial charge is 0.417 e. The minimum absolute atomic E-state index is 0.0652. The van der Waals surface area contributed by atoms with Gasteiger partial charge in [-0.15, -0.1) is 0 Å². The lowest BCUT2D eigenvalue weighted by Crippen LogP contribution is -2.08. The summed E-state index contributed by atoms with van der Waals surface area (Å²) in [7, 11) is 0. The van der Waals surface area contributed by atoms with Crippen LogP contribution in [0.2, 0.25) is 0 Å². The molecule has 5 aromatic rings. The topological polar surface area (TPSA) is 55.8 Å². The van der Waals surface area contributed by atoms with Crippen LogP contribution < -0.4 is 9.47 Å². The van der Waals surface area contributed by atoms with Crippen LogP contribution in [-0.4, -0.2) is 17.2 Å². The first kappa shape index (κ1) is 26.4. The summed E-state index contributed by atoms with van der Waals surface area (Å²) in [5.74, 6) is -0.414. The maximum atomic E-state index is 13.3. The van der Waals surface area contributed by atoms with Crippen LogP contribution in [0, 0.1) is 15.3 Å². The van der Waals surface area contributed by atoms with E-state index < -0.39 is 23.6 Å². The number of hydrogen-bond acceptors (Lipinski definition) is 3. The third-order valence-electron chi connectivity index (χ3n) is 7.08. The number of ether oxygens (including phenoxy) is 2. The fourth-order valence-electron chi connectivity index (χ4n) is 5.16. The molecule has 1 N–H and O–H groups in total. The molecule has 40 heavy (non-hydrogen) atoms. The molecule has 1 heterocycles. The molecule has 1 aliphatic carbocycles. The first-order valence-electron chi connectivity index (χ1n) is 12.3. The Bertz CT molecular complexity index is 1750. The molecule has 0 radical (unpaired) electrons. The van der Waals surface area contributed by atoms with E-state index in [-0.39, 0.29) is 23.2 Å². The van der Waals surface area contributed by atoms with Gasteiger partial charge in [0.25, 0.3) is 0 Å². The van der Waals surface area contributed by atoms with Crippen molar-refractivity contribution in [3.8, 4) is 17.2 Å². The number of hydrogen-bond donors (Lipinski definition) is 1. The minimum Gasteiger partial charge on any atom is -0.488 e. The zero-order chi connectivity index (χ0) is 28.2. The maximum Gasteiger partial charge on any atom is 0.417 e. The van der Waals surface area contributed by atoms with Crippen LogP contribution in [-0.2, 0) is 11.0 Å². The summed E-state index contributed by atoms with van der Waals surface area (Å²) in [6.45, 7) is 0. The number of alkyl halides is 3. The van der Waals surface area contributed by atoms with Gasteiger partial charge >= 0.3 is 12.1 Å². The van der Waals surface area contributed by atoms with E-state index in [1.807, 2.05) is 18.2 Å². The van der Waals surface area contributed by atoms with E-state index in [1.54, 1.807) is 48.5 Å². The van der Waals surface area contributed by atoms with Crippen LogP contribution in [0.1, 0.15) is 17.0 Å². The first-order valence-corrected chi connectivity index (χ1v) is 13.3. The summed E-state index contributed by atoms with van der Waals surface area (Å²) in [4.78, 5) is 11.1. The van der Waals surface area contributed by atoms with Crippen LogP contribution in [0.15, 0.2) is 91.0 Å². The van der Waals surface area contributed by atoms with E-state index in [9.17, 15) is 22.4 Å². The number of rotatable bonds is 3. The highest BCUT2D eigenvalue weighted by Crippen LogP contribution is 2.59. The highest BCUT2D eigenvalue weighted by Gasteiger charge is 2.63. The molecular weight excluding hydrogens is 639 g/mol. The normalized spacial score (nSPS) is 18.8. The molecule has 5 aromatic carbocycles. The SMILES string of the molecule is Fc1ccc(I)c2ccccc12.O=C(O)[C@H]1[C@@H]2Oc3cc(Oc4ccc(C(F)(F)F)c5ccccc45)ccc3[C@@H]21. The molecule has 0 unspecified atom stereocenters. The second-order valence-corrected chi connectivity index (χ2v) is 10.7. The largest absolute Gasteiger partial charge is 0.488 e. The molecule has 2 aliphatic rings. The van der Waals surface area contributed by atoms with Gasteiger partial charge in [-0.3, -0.25) is 4.79 Å². The Hall–Kier alpha value is -3.86. The molecule has 7 rings (SSSR count). The van der Waals surface area contributed by atoms with Gasteiger partial charge in [0.05, 0.1) is 5.56 Å². The lowest BCUT2D eigenvalue weighted by molar-refractivity contribution is -0.139. The Morgan fingerprint density at radius 2 is 1.52 bits per heavy atom. The molecule has 0 aromatic heterocycles. The summed E-state index contributed by atoms with van der Waals surface area (Å²) < 4.78 is 65.5. The number of aliphatic carboxylic acids is 1. The van der Waals surface area contributed by atoms with Crippen molar-refractivity contribution in [1.82, 2.24) is 0 Å². The van der Waals surface area contributed by atoms with Gasteiger partial charge in [0.1, 0.15) is 35.1 Å². The van der Waals surface area contributed by atoms with Gasteiger partial charge < -0.3 is 14.6 Å². The lowest BCUT2D eigenvalue weighted by Gasteiger charge is -2.15. The molecule has 0 spiro atoms. The van der Waals surface area contributed by atoms with Gasteiger partial charge in [0.2, 0.25) is 0 Å². The second kappa shape index (κ2) is 9.96. The fraction of sp³-hybridized carbons (Fsp3) is 0.129. The molecule has 202 valence electrons. The summed E-state index contributed by atoms with van der Waals surface area (Å²) >= 11 is 2.21. The predicted octanol–water partition coefficient (Wildman–Crippen LogP) is 8.79. The van der Waals surface area contributed by atoms with Crippen molar-refractivity contribution in [2.45, 2.75) is 18.2 Å². The van der Waals surface area contributed by atoms with Crippen molar-refractivity contribution in [3.63, 3.8) is 0 Å². The van der Waals surface area contributed by atoms with Gasteiger partial charge in [-0.25, -0.2) is 4.39 Å². The fourth-order valence-corrected chi connectivity index (χ4v) is 5.81. The molecule has 0 saturated heterocycles. The average molecular weight is 658 g/mol. The molecule has 0 bridgehead atoms. The average Bonchev–Trinajstić information content (AvgIpc) is 3.53. The van der Waals surface area contributed by atoms with Gasteiger partial charge in [0, 0.05) is 31.9 Å². The molecule has 4 nitrogen and oxygen atoms in total. The van der Waals surface area contributed by atoms with Gasteiger partial charge in [-0.2, -0.15) is 13.2 Å². The van der Waals surface area contributed by atoms with Crippen molar-refractivity contribution in [2.24, 2.45) is 5.92 Å². The van der Waals surface area contributed by atoms with E-state index in [2.05, 4.69) is 22.6 Å². The quantitative estimate of drug-likeness (QED) is 0.156. The van der Waals surface area contributed by atoms with Gasteiger partial charge in [0.15, 0.2) is 0 Å². The van der Waals surface area contributed by atoms with E-state index in [1.165, 1.54) is 18.2 Å². The number of halogens is 5. The highest BCUT2D eigenvalue weighted by molar-refractivity contribution is 14.1. The van der Waals surface area contributed by atoms with Crippen molar-refractivity contribution in [2.75, 3.05) is 0 Å². The Kier molecular flexibility index (Phi) is 6.56. The predicted molar refractivity (Wildman–Crippen MR) is 150 cm³/mol. The molecule has 9 heteroatoms. The molecular formula is C31H19F4IO4. The minimum atomic E-state index is -4.46. The van der Waals surface area contributed by atoms with Crippen LogP contribution >= 0.6 is 22.6 Å². The second-order valence-electron chi connectivity index (χ2n) is 9.50. The lowest BCUT2D eigenvalue weighted by atomic mass is 10.0. The Morgan fingerprint density at radius 3 is 2.20 bits per heavy atom. The molecule has 1 saturated carbocycles. The first-order chi connectivity index (χ1) is 19.1. The van der Waals surface area contributed by atoms with Crippen molar-refractivity contribution in [3.05, 3.63) is 112 Å². The van der Waals surface area contributed by atoms with E-state index in [4.69, 9.17) is 14.6 Å². The molecule has 1 fully saturated rings. The van der Waals surface area contributed by atoms with Crippen LogP contribution in [0.4, 0.5) is 17.6 Å². The number of carboxylic acids is 1. The highest BCUT2D eigenvalue weighted by atomic mass is 127. The molecule has 1 aliphatic heterocycles. The van der Waals surface area contributed by atoms with Crippen LogP contribution in [0.3, 0.4) is 0 Å². The summed E-state index contributed by atoms with van der Waals surface area (Å²) in [5.41, 5.74) is 0.106. The standard InChI is InChI=1S/C21H13F3O4.C10H6FI/c22-21(23,24)14-7-8-15(12-4-2-1-3-11(12)14)27-10-5-6-13-16(9-10)28-19-17(13)18(19)20(25)26;11-9-5-6-10(12)8-4-2-1-3-7(8)9/h1-9,17-19H,(H,25,26);1-6H/t17-,18-,19-;/m1./s1. The Labute approximate surface area is 239 Å². The zero-order valence-electron chi connectivity index (χ0n) is 20.5. The number of fused-ring (bicyclic) bond motifs is 5.